The van der Waals surface area contributed by atoms with Gasteiger partial charge in [-0.1, -0.05) is 18.0 Å². The SMILES string of the molecule is [O]C1(Cl)CCCCC1. The van der Waals surface area contributed by atoms with Crippen LogP contribution in [0.1, 0.15) is 32.1 Å². The Bertz CT molecular complexity index is 72.6. The molecule has 1 aliphatic carbocycles. The zero-order valence-electron chi connectivity index (χ0n) is 4.82. The third-order valence-electron chi connectivity index (χ3n) is 1.60. The first kappa shape index (κ1) is 6.37. The minimum absolute atomic E-state index is 0.661. The fraction of sp³-hybridized carbons (Fsp3) is 1.00. The van der Waals surface area contributed by atoms with Crippen LogP contribution in [0.2, 0.25) is 0 Å². The summed E-state index contributed by atoms with van der Waals surface area (Å²) in [6.07, 6.45) is 4.56. The van der Waals surface area contributed by atoms with E-state index in [9.17, 15) is 5.11 Å². The van der Waals surface area contributed by atoms with Crippen molar-refractivity contribution in [3.05, 3.63) is 0 Å². The van der Waals surface area contributed by atoms with Gasteiger partial charge in [-0.2, -0.15) is 0 Å². The summed E-state index contributed by atoms with van der Waals surface area (Å²) in [6, 6.07) is 0. The Labute approximate surface area is 54.7 Å². The van der Waals surface area contributed by atoms with E-state index in [0.29, 0.717) is 12.8 Å². The molecule has 0 saturated heterocycles. The van der Waals surface area contributed by atoms with Crippen molar-refractivity contribution in [2.24, 2.45) is 0 Å². The molecule has 1 aliphatic rings. The molecule has 0 aromatic rings. The third-order valence-corrected chi connectivity index (χ3v) is 1.98. The molecule has 1 radical (unpaired) electrons. The predicted molar refractivity (Wildman–Crippen MR) is 32.4 cm³/mol. The molecule has 0 aliphatic heterocycles. The molecule has 0 atom stereocenters. The van der Waals surface area contributed by atoms with E-state index in [4.69, 9.17) is 11.6 Å². The predicted octanol–water partition coefficient (Wildman–Crippen LogP) is 2.32. The van der Waals surface area contributed by atoms with Crippen molar-refractivity contribution < 1.29 is 5.11 Å². The molecule has 0 aromatic carbocycles. The number of hydrogen-bond acceptors (Lipinski definition) is 0. The second-order valence-corrected chi connectivity index (χ2v) is 3.13. The summed E-state index contributed by atoms with van der Waals surface area (Å²) >= 11 is 5.52. The average Bonchev–Trinajstić information content (AvgIpc) is 1.65. The van der Waals surface area contributed by atoms with Crippen LogP contribution in [0.5, 0.6) is 0 Å². The zero-order valence-corrected chi connectivity index (χ0v) is 5.58. The highest BCUT2D eigenvalue weighted by Crippen LogP contribution is 2.31. The lowest BCUT2D eigenvalue weighted by Gasteiger charge is -2.21. The van der Waals surface area contributed by atoms with Crippen LogP contribution in [-0.4, -0.2) is 5.06 Å². The zero-order chi connectivity index (χ0) is 6.04. The van der Waals surface area contributed by atoms with Crippen LogP contribution in [-0.2, 0) is 5.11 Å². The maximum absolute atomic E-state index is 10.9. The monoisotopic (exact) mass is 133 g/mol. The van der Waals surface area contributed by atoms with Crippen LogP contribution in [0, 0.1) is 0 Å². The maximum Gasteiger partial charge on any atom is 0.176 e. The lowest BCUT2D eigenvalue weighted by molar-refractivity contribution is 0.0159. The number of halogens is 1. The first-order valence-electron chi connectivity index (χ1n) is 3.10. The van der Waals surface area contributed by atoms with Gasteiger partial charge in [-0.15, -0.1) is 0 Å². The first-order valence-corrected chi connectivity index (χ1v) is 3.48. The van der Waals surface area contributed by atoms with Crippen LogP contribution >= 0.6 is 11.6 Å². The molecule has 8 heavy (non-hydrogen) atoms. The van der Waals surface area contributed by atoms with E-state index in [1.165, 1.54) is 6.42 Å². The summed E-state index contributed by atoms with van der Waals surface area (Å²) in [5, 5.41) is 9.79. The van der Waals surface area contributed by atoms with Crippen molar-refractivity contribution in [3.8, 4) is 0 Å². The Morgan fingerprint density at radius 3 is 1.88 bits per heavy atom. The van der Waals surface area contributed by atoms with E-state index >= 15 is 0 Å². The Hall–Kier alpha value is 0.250. The van der Waals surface area contributed by atoms with Gasteiger partial charge in [-0.05, 0) is 25.7 Å². The lowest BCUT2D eigenvalue weighted by atomic mass is 9.97. The van der Waals surface area contributed by atoms with Gasteiger partial charge in [0, 0.05) is 0 Å². The molecular weight excluding hydrogens is 124 g/mol. The minimum Gasteiger partial charge on any atom is -0.212 e. The highest BCUT2D eigenvalue weighted by Gasteiger charge is 2.27. The van der Waals surface area contributed by atoms with E-state index in [1.807, 2.05) is 0 Å². The van der Waals surface area contributed by atoms with Crippen molar-refractivity contribution in [2.75, 3.05) is 0 Å². The standard InChI is InChI=1S/C6H10ClO/c7-6(8)4-2-1-3-5-6/h1-5H2. The summed E-state index contributed by atoms with van der Waals surface area (Å²) in [5.74, 6) is 0. The first-order chi connectivity index (χ1) is 3.71. The molecule has 0 aromatic heterocycles. The van der Waals surface area contributed by atoms with Crippen molar-refractivity contribution in [3.63, 3.8) is 0 Å². The topological polar surface area (TPSA) is 19.9 Å². The van der Waals surface area contributed by atoms with Gasteiger partial charge < -0.3 is 0 Å². The second kappa shape index (κ2) is 2.24. The Morgan fingerprint density at radius 2 is 1.62 bits per heavy atom. The van der Waals surface area contributed by atoms with Gasteiger partial charge in [0.05, 0.1) is 0 Å². The lowest BCUT2D eigenvalue weighted by Crippen LogP contribution is -2.21. The van der Waals surface area contributed by atoms with Crippen LogP contribution in [0.15, 0.2) is 0 Å². The number of alkyl halides is 1. The van der Waals surface area contributed by atoms with Crippen molar-refractivity contribution in [1.82, 2.24) is 0 Å². The molecule has 0 heterocycles. The number of rotatable bonds is 0. The smallest absolute Gasteiger partial charge is 0.176 e. The number of hydrogen-bond donors (Lipinski definition) is 0. The van der Waals surface area contributed by atoms with Crippen molar-refractivity contribution >= 4 is 11.6 Å². The third kappa shape index (κ3) is 1.64. The average molecular weight is 134 g/mol. The fourth-order valence-electron chi connectivity index (χ4n) is 1.08. The highest BCUT2D eigenvalue weighted by atomic mass is 35.5. The molecule has 1 rings (SSSR count). The molecule has 1 fully saturated rings. The van der Waals surface area contributed by atoms with Crippen LogP contribution in [0.4, 0.5) is 0 Å². The molecular formula is C6H10ClO. The Kier molecular flexibility index (Phi) is 1.78. The molecule has 0 unspecified atom stereocenters. The summed E-state index contributed by atoms with van der Waals surface area (Å²) in [4.78, 5) is 0. The maximum atomic E-state index is 10.9. The van der Waals surface area contributed by atoms with Gasteiger partial charge in [0.1, 0.15) is 0 Å². The summed E-state index contributed by atoms with van der Waals surface area (Å²) < 4.78 is 0. The molecule has 2 heteroatoms. The van der Waals surface area contributed by atoms with Crippen LogP contribution < -0.4 is 0 Å². The van der Waals surface area contributed by atoms with Crippen molar-refractivity contribution in [2.45, 2.75) is 37.2 Å². The molecule has 1 nitrogen and oxygen atoms in total. The highest BCUT2D eigenvalue weighted by molar-refractivity contribution is 6.22. The molecule has 0 spiro atoms. The largest absolute Gasteiger partial charge is 0.212 e. The van der Waals surface area contributed by atoms with Gasteiger partial charge in [-0.3, -0.25) is 0 Å². The van der Waals surface area contributed by atoms with Crippen molar-refractivity contribution in [1.29, 1.82) is 0 Å². The van der Waals surface area contributed by atoms with Gasteiger partial charge in [0.2, 0.25) is 0 Å². The molecule has 0 amide bonds. The van der Waals surface area contributed by atoms with Gasteiger partial charge in [-0.25, -0.2) is 5.11 Å². The minimum atomic E-state index is -1.10. The molecule has 0 N–H and O–H groups in total. The normalized spacial score (nSPS) is 27.8. The van der Waals surface area contributed by atoms with Gasteiger partial charge >= 0.3 is 0 Å². The summed E-state index contributed by atoms with van der Waals surface area (Å²) in [5.41, 5.74) is 0. The van der Waals surface area contributed by atoms with Gasteiger partial charge in [0.15, 0.2) is 5.06 Å². The van der Waals surface area contributed by atoms with E-state index in [1.54, 1.807) is 0 Å². The second-order valence-electron chi connectivity index (χ2n) is 2.44. The Morgan fingerprint density at radius 1 is 1.12 bits per heavy atom. The van der Waals surface area contributed by atoms with Crippen LogP contribution in [0.25, 0.3) is 0 Å². The van der Waals surface area contributed by atoms with Gasteiger partial charge in [0.25, 0.3) is 0 Å². The van der Waals surface area contributed by atoms with E-state index in [-0.39, 0.29) is 0 Å². The van der Waals surface area contributed by atoms with E-state index in [2.05, 4.69) is 0 Å². The molecule has 1 saturated carbocycles. The summed E-state index contributed by atoms with van der Waals surface area (Å²) in [7, 11) is 0. The van der Waals surface area contributed by atoms with E-state index in [0.717, 1.165) is 12.8 Å². The summed E-state index contributed by atoms with van der Waals surface area (Å²) in [6.45, 7) is 0. The molecule has 0 bridgehead atoms. The van der Waals surface area contributed by atoms with E-state index < -0.39 is 5.06 Å². The molecule has 47 valence electrons. The van der Waals surface area contributed by atoms with Crippen LogP contribution in [0.3, 0.4) is 0 Å². The fourth-order valence-corrected chi connectivity index (χ4v) is 1.35. The Balaban J connectivity index is 2.33. The quantitative estimate of drug-likeness (QED) is 0.452.